The maximum Gasteiger partial charge on any atom is 0.309 e. The van der Waals surface area contributed by atoms with Crippen LogP contribution in [0.5, 0.6) is 5.75 Å². The van der Waals surface area contributed by atoms with Gasteiger partial charge in [-0.15, -0.1) is 0 Å². The number of phenols is 1. The van der Waals surface area contributed by atoms with Crippen LogP contribution in [0.1, 0.15) is 114 Å². The number of benzene rings is 1. The van der Waals surface area contributed by atoms with E-state index in [9.17, 15) is 30.3 Å². The minimum absolute atomic E-state index is 0.110. The fraction of sp³-hybridized carbons (Fsp3) is 0.630. The van der Waals surface area contributed by atoms with Crippen LogP contribution >= 0.6 is 0 Å². The number of H-pyrrole nitrogens is 1. The third-order valence-electron chi connectivity index (χ3n) is 13.0. The number of aromatic nitrogens is 1. The first-order chi connectivity index (χ1) is 27.0. The van der Waals surface area contributed by atoms with E-state index in [2.05, 4.69) is 46.8 Å². The number of carboxylic acids is 1. The Labute approximate surface area is 334 Å². The molecule has 0 amide bonds. The summed E-state index contributed by atoms with van der Waals surface area (Å²) in [7, 11) is 1.85. The lowest BCUT2D eigenvalue weighted by Crippen LogP contribution is -2.48. The van der Waals surface area contributed by atoms with Crippen molar-refractivity contribution in [3.8, 4) is 5.75 Å². The molecule has 10 nitrogen and oxygen atoms in total. The average Bonchev–Trinajstić information content (AvgIpc) is 3.73. The van der Waals surface area contributed by atoms with E-state index in [1.807, 2.05) is 31.5 Å². The van der Waals surface area contributed by atoms with Crippen LogP contribution in [-0.2, 0) is 17.6 Å². The zero-order valence-corrected chi connectivity index (χ0v) is 33.8. The van der Waals surface area contributed by atoms with Crippen molar-refractivity contribution in [2.24, 2.45) is 41.2 Å². The molecule has 10 heteroatoms. The predicted octanol–water partition coefficient (Wildman–Crippen LogP) is 6.70. The first-order valence-corrected chi connectivity index (χ1v) is 21.5. The molecule has 310 valence electrons. The van der Waals surface area contributed by atoms with Gasteiger partial charge in [0.25, 0.3) is 0 Å². The van der Waals surface area contributed by atoms with Gasteiger partial charge in [0, 0.05) is 36.8 Å². The monoisotopic (exact) mass is 775 g/mol. The molecule has 10 N–H and O–H groups in total. The van der Waals surface area contributed by atoms with Crippen molar-refractivity contribution >= 4 is 5.97 Å². The number of aromatic amines is 1. The second-order valence-electron chi connectivity index (χ2n) is 17.3. The Balaban J connectivity index is 1.21. The maximum atomic E-state index is 12.8. The predicted molar refractivity (Wildman–Crippen MR) is 223 cm³/mol. The molecule has 2 aromatic rings. The van der Waals surface area contributed by atoms with Crippen LogP contribution in [0.2, 0.25) is 0 Å². The van der Waals surface area contributed by atoms with E-state index in [1.165, 1.54) is 19.3 Å². The number of dihydropyridines is 1. The number of carbonyl (C=O) groups is 1. The largest absolute Gasteiger partial charge is 0.508 e. The molecular weight excluding hydrogens is 705 g/mol. The van der Waals surface area contributed by atoms with Gasteiger partial charge in [-0.1, -0.05) is 75.8 Å². The molecular formula is C46H70N4O6. The molecule has 1 saturated carbocycles. The number of nitrogens with one attached hydrogen (secondary N) is 3. The smallest absolute Gasteiger partial charge is 0.309 e. The molecule has 0 unspecified atom stereocenters. The van der Waals surface area contributed by atoms with Gasteiger partial charge in [0.2, 0.25) is 0 Å². The molecule has 2 heterocycles. The highest BCUT2D eigenvalue weighted by atomic mass is 16.4. The number of aliphatic carboxylic acids is 1. The van der Waals surface area contributed by atoms with Crippen LogP contribution in [0.15, 0.2) is 72.2 Å². The van der Waals surface area contributed by atoms with Gasteiger partial charge in [-0.2, -0.15) is 0 Å². The minimum atomic E-state index is -1.13. The number of phenolic OH excluding ortho intramolecular Hbond substituents is 1. The number of aliphatic hydroxyl groups is 3. The van der Waals surface area contributed by atoms with Crippen molar-refractivity contribution in [3.63, 3.8) is 0 Å². The quantitative estimate of drug-likeness (QED) is 0.0438. The average molecular weight is 775 g/mol. The number of unbranched alkanes of at least 4 members (excludes halogenated alkanes) is 4. The molecule has 9 atom stereocenters. The van der Waals surface area contributed by atoms with E-state index in [-0.39, 0.29) is 41.9 Å². The highest BCUT2D eigenvalue weighted by Crippen LogP contribution is 2.49. The summed E-state index contributed by atoms with van der Waals surface area (Å²) in [6, 6.07) is 9.37. The third kappa shape index (κ3) is 12.5. The van der Waals surface area contributed by atoms with Gasteiger partial charge < -0.3 is 46.9 Å². The molecule has 3 aliphatic rings. The number of rotatable bonds is 23. The molecule has 1 aromatic carbocycles. The van der Waals surface area contributed by atoms with Crippen LogP contribution in [0.3, 0.4) is 0 Å². The standard InChI is InChI=1S/C46H70N4O6/c1-3-4-6-9-31-12-15-36(42(52)24-31)10-7-5-8-11-41(45(54)55)43(53)27-38(30-48-2)46(56)28-34(21-33-18-19-49-44(47)25-33)22-37(46)26-39-23-35(29-50-39)20-32-13-16-40(51)17-14-32/h12-18,23,25,29,31,34,36-38,41-43,48-53,56H,3-11,19-22,24,26-28,30,47H2,1-2H3,(H,54,55)/t31-,34-,36-,37+,38+,41+,42-,43-,46+/m1/s1. The molecule has 1 aromatic heterocycles. The van der Waals surface area contributed by atoms with Gasteiger partial charge in [0.05, 0.1) is 29.5 Å². The second-order valence-corrected chi connectivity index (χ2v) is 17.3. The van der Waals surface area contributed by atoms with Crippen LogP contribution in [0, 0.1) is 35.5 Å². The first kappa shape index (κ1) is 43.6. The van der Waals surface area contributed by atoms with E-state index >= 15 is 0 Å². The van der Waals surface area contributed by atoms with Gasteiger partial charge in [0.1, 0.15) is 5.75 Å². The lowest BCUT2D eigenvalue weighted by atomic mass is 9.73. The highest BCUT2D eigenvalue weighted by Gasteiger charge is 2.51. The van der Waals surface area contributed by atoms with Crippen molar-refractivity contribution in [2.45, 2.75) is 127 Å². The van der Waals surface area contributed by atoms with Gasteiger partial charge in [-0.25, -0.2) is 0 Å². The van der Waals surface area contributed by atoms with Crippen LogP contribution in [0.4, 0.5) is 0 Å². The fourth-order valence-electron chi connectivity index (χ4n) is 9.87. The third-order valence-corrected chi connectivity index (χ3v) is 13.0. The van der Waals surface area contributed by atoms with Crippen molar-refractivity contribution in [2.75, 3.05) is 20.1 Å². The lowest BCUT2D eigenvalue weighted by Gasteiger charge is -2.40. The highest BCUT2D eigenvalue weighted by molar-refractivity contribution is 5.70. The number of aliphatic hydroxyl groups excluding tert-OH is 2. The number of carboxylic acid groups (broad SMARTS) is 1. The summed E-state index contributed by atoms with van der Waals surface area (Å²) in [6.45, 7) is 3.34. The summed E-state index contributed by atoms with van der Waals surface area (Å²) in [5.74, 6) is -0.692. The Kier molecular flexibility index (Phi) is 16.5. The number of aromatic hydroxyl groups is 1. The van der Waals surface area contributed by atoms with Crippen LogP contribution < -0.4 is 16.4 Å². The van der Waals surface area contributed by atoms with Gasteiger partial charge in [-0.05, 0) is 130 Å². The molecule has 5 rings (SSSR count). The summed E-state index contributed by atoms with van der Waals surface area (Å²) in [5, 5.41) is 61.6. The lowest BCUT2D eigenvalue weighted by molar-refractivity contribution is -0.148. The van der Waals surface area contributed by atoms with Crippen molar-refractivity contribution in [1.82, 2.24) is 15.6 Å². The zero-order valence-electron chi connectivity index (χ0n) is 33.8. The molecule has 0 saturated heterocycles. The molecule has 56 heavy (non-hydrogen) atoms. The summed E-state index contributed by atoms with van der Waals surface area (Å²) in [5.41, 5.74) is 9.37. The molecule has 0 radical (unpaired) electrons. The van der Waals surface area contributed by atoms with Crippen LogP contribution in [0.25, 0.3) is 0 Å². The molecule has 0 bridgehead atoms. The summed E-state index contributed by atoms with van der Waals surface area (Å²) in [6.07, 6.45) is 22.2. The zero-order chi connectivity index (χ0) is 40.1. The number of nitrogens with two attached hydrogens (primary N) is 1. The van der Waals surface area contributed by atoms with Crippen molar-refractivity contribution in [1.29, 1.82) is 0 Å². The molecule has 0 spiro atoms. The number of hydrogen-bond donors (Lipinski definition) is 9. The maximum absolute atomic E-state index is 12.8. The Morgan fingerprint density at radius 1 is 1.04 bits per heavy atom. The van der Waals surface area contributed by atoms with Crippen molar-refractivity contribution < 1.29 is 30.3 Å². The topological polar surface area (TPSA) is 184 Å². The summed E-state index contributed by atoms with van der Waals surface area (Å²) < 4.78 is 0. The Morgan fingerprint density at radius 3 is 2.54 bits per heavy atom. The summed E-state index contributed by atoms with van der Waals surface area (Å²) in [4.78, 5) is 16.0. The van der Waals surface area contributed by atoms with E-state index < -0.39 is 23.6 Å². The van der Waals surface area contributed by atoms with Gasteiger partial charge >= 0.3 is 5.97 Å². The second kappa shape index (κ2) is 21.3. The minimum Gasteiger partial charge on any atom is -0.508 e. The Hall–Kier alpha value is -3.57. The number of hydrogen-bond acceptors (Lipinski definition) is 8. The van der Waals surface area contributed by atoms with Crippen LogP contribution in [-0.4, -0.2) is 74.4 Å². The Bertz CT molecular complexity index is 1600. The fourth-order valence-corrected chi connectivity index (χ4v) is 9.87. The van der Waals surface area contributed by atoms with Crippen molar-refractivity contribution in [3.05, 3.63) is 89.0 Å². The van der Waals surface area contributed by atoms with E-state index in [1.54, 1.807) is 12.1 Å². The van der Waals surface area contributed by atoms with E-state index in [0.717, 1.165) is 67.3 Å². The van der Waals surface area contributed by atoms with E-state index in [4.69, 9.17) is 5.73 Å². The van der Waals surface area contributed by atoms with Gasteiger partial charge in [0.15, 0.2) is 0 Å². The molecule has 2 aliphatic carbocycles. The SMILES string of the molecule is CCCCC[C@@H]1C=C[C@@H](CCCCC[C@H](C(=O)O)[C@H](O)C[C@@H](CNC)[C@]2(O)C[C@H](CC3=CCNC(N)=C3)C[C@H]2Cc2cc(Cc3ccc(O)cc3)c[nH]2)[C@H](O)C1. The normalized spacial score (nSPS) is 26.6. The molecule has 1 fully saturated rings. The van der Waals surface area contributed by atoms with Gasteiger partial charge in [-0.3, -0.25) is 4.79 Å². The summed E-state index contributed by atoms with van der Waals surface area (Å²) >= 11 is 0. The first-order valence-electron chi connectivity index (χ1n) is 21.5. The molecule has 1 aliphatic heterocycles. The number of allylic oxidation sites excluding steroid dienone is 3. The van der Waals surface area contributed by atoms with E-state index in [0.29, 0.717) is 56.9 Å². The Morgan fingerprint density at radius 2 is 1.82 bits per heavy atom.